The van der Waals surface area contributed by atoms with Crippen molar-refractivity contribution in [3.05, 3.63) is 29.8 Å². The molecule has 1 amide bonds. The van der Waals surface area contributed by atoms with Crippen LogP contribution in [-0.2, 0) is 4.74 Å². The number of hydrogen-bond donors (Lipinski definition) is 1. The van der Waals surface area contributed by atoms with Crippen LogP contribution < -0.4 is 10.3 Å². The summed E-state index contributed by atoms with van der Waals surface area (Å²) in [6, 6.07) is 8.16. The smallest absolute Gasteiger partial charge is 0.427 e. The maximum Gasteiger partial charge on any atom is 0.427 e. The van der Waals surface area contributed by atoms with E-state index < -0.39 is 6.09 Å². The molecule has 0 unspecified atom stereocenters. The average molecular weight is 261 g/mol. The van der Waals surface area contributed by atoms with Gasteiger partial charge >= 0.3 is 6.09 Å². The molecule has 0 aromatic heterocycles. The number of carbonyl (C=O) groups is 1. The Kier molecular flexibility index (Phi) is 4.78. The van der Waals surface area contributed by atoms with Gasteiger partial charge in [-0.15, -0.1) is 0 Å². The monoisotopic (exact) mass is 261 g/mol. The Bertz CT molecular complexity index is 437. The van der Waals surface area contributed by atoms with Gasteiger partial charge in [0.1, 0.15) is 0 Å². The lowest BCUT2D eigenvalue weighted by Gasteiger charge is -2.28. The van der Waals surface area contributed by atoms with Gasteiger partial charge in [-0.3, -0.25) is 0 Å². The van der Waals surface area contributed by atoms with Crippen molar-refractivity contribution in [1.29, 1.82) is 0 Å². The summed E-state index contributed by atoms with van der Waals surface area (Å²) in [5, 5.41) is 3.79. The molecule has 0 aliphatic carbocycles. The van der Waals surface area contributed by atoms with Crippen molar-refractivity contribution < 1.29 is 9.53 Å². The van der Waals surface area contributed by atoms with E-state index in [2.05, 4.69) is 32.3 Å². The molecule has 0 atom stereocenters. The number of anilines is 1. The summed E-state index contributed by atoms with van der Waals surface area (Å²) in [4.78, 5) is 13.2. The molecular formula is C14H19N3O2. The number of methoxy groups -OCH3 is 1. The second-order valence-corrected chi connectivity index (χ2v) is 4.50. The predicted molar refractivity (Wildman–Crippen MR) is 75.6 cm³/mol. The van der Waals surface area contributed by atoms with Crippen molar-refractivity contribution >= 4 is 18.0 Å². The largest absolute Gasteiger partial charge is 0.452 e. The first kappa shape index (κ1) is 13.4. The molecule has 19 heavy (non-hydrogen) atoms. The quantitative estimate of drug-likeness (QED) is 0.671. The fourth-order valence-electron chi connectivity index (χ4n) is 2.13. The first-order valence-electron chi connectivity index (χ1n) is 6.51. The topological polar surface area (TPSA) is 53.9 Å². The number of benzene rings is 1. The van der Waals surface area contributed by atoms with E-state index in [1.54, 1.807) is 6.21 Å². The van der Waals surface area contributed by atoms with Gasteiger partial charge in [0, 0.05) is 18.8 Å². The van der Waals surface area contributed by atoms with Crippen LogP contribution >= 0.6 is 0 Å². The molecule has 1 fully saturated rings. The molecule has 0 saturated carbocycles. The van der Waals surface area contributed by atoms with E-state index in [0.29, 0.717) is 0 Å². The van der Waals surface area contributed by atoms with E-state index in [-0.39, 0.29) is 0 Å². The van der Waals surface area contributed by atoms with Gasteiger partial charge in [0.05, 0.1) is 13.3 Å². The lowest BCUT2D eigenvalue weighted by Crippen LogP contribution is -2.29. The molecule has 1 saturated heterocycles. The van der Waals surface area contributed by atoms with Crippen LogP contribution in [0.5, 0.6) is 0 Å². The highest BCUT2D eigenvalue weighted by atomic mass is 16.5. The standard InChI is InChI=1S/C14H19N3O2/c1-19-14(18)16-15-11-12-5-7-13(8-6-12)17-9-3-2-4-10-17/h5-8,11H,2-4,9-10H2,1H3,(H,16,18). The zero-order chi connectivity index (χ0) is 13.5. The zero-order valence-corrected chi connectivity index (χ0v) is 11.1. The van der Waals surface area contributed by atoms with Crippen LogP contribution in [0.3, 0.4) is 0 Å². The molecular weight excluding hydrogens is 242 g/mol. The summed E-state index contributed by atoms with van der Waals surface area (Å²) in [6.45, 7) is 2.27. The number of amides is 1. The normalized spacial score (nSPS) is 15.5. The summed E-state index contributed by atoms with van der Waals surface area (Å²) >= 11 is 0. The van der Waals surface area contributed by atoms with Crippen LogP contribution in [-0.4, -0.2) is 32.5 Å². The van der Waals surface area contributed by atoms with Gasteiger partial charge in [0.15, 0.2) is 0 Å². The van der Waals surface area contributed by atoms with E-state index >= 15 is 0 Å². The van der Waals surface area contributed by atoms with E-state index in [1.807, 2.05) is 12.1 Å². The number of carbonyl (C=O) groups excluding carboxylic acids is 1. The van der Waals surface area contributed by atoms with Gasteiger partial charge in [0.25, 0.3) is 0 Å². The Labute approximate surface area is 113 Å². The molecule has 5 nitrogen and oxygen atoms in total. The van der Waals surface area contributed by atoms with E-state index in [4.69, 9.17) is 0 Å². The van der Waals surface area contributed by atoms with Crippen molar-refractivity contribution in [3.63, 3.8) is 0 Å². The molecule has 0 bridgehead atoms. The number of nitrogens with zero attached hydrogens (tertiary/aromatic N) is 2. The second kappa shape index (κ2) is 6.78. The zero-order valence-electron chi connectivity index (χ0n) is 11.1. The third-order valence-electron chi connectivity index (χ3n) is 3.17. The van der Waals surface area contributed by atoms with E-state index in [1.165, 1.54) is 32.1 Å². The molecule has 1 N–H and O–H groups in total. The van der Waals surface area contributed by atoms with Crippen molar-refractivity contribution in [3.8, 4) is 0 Å². The Morgan fingerprint density at radius 3 is 2.58 bits per heavy atom. The number of ether oxygens (including phenoxy) is 1. The first-order valence-corrected chi connectivity index (χ1v) is 6.51. The fourth-order valence-corrected chi connectivity index (χ4v) is 2.13. The van der Waals surface area contributed by atoms with Gasteiger partial charge in [-0.1, -0.05) is 12.1 Å². The molecule has 1 aliphatic heterocycles. The van der Waals surface area contributed by atoms with Crippen LogP contribution in [0.25, 0.3) is 0 Å². The number of piperidine rings is 1. The van der Waals surface area contributed by atoms with Crippen LogP contribution in [0.1, 0.15) is 24.8 Å². The summed E-state index contributed by atoms with van der Waals surface area (Å²) in [5.74, 6) is 0. The van der Waals surface area contributed by atoms with Gasteiger partial charge in [-0.25, -0.2) is 10.2 Å². The Balaban J connectivity index is 1.92. The molecule has 1 heterocycles. The maximum atomic E-state index is 10.8. The van der Waals surface area contributed by atoms with Gasteiger partial charge in [-0.05, 0) is 37.0 Å². The minimum absolute atomic E-state index is 0.568. The van der Waals surface area contributed by atoms with E-state index in [0.717, 1.165) is 18.7 Å². The highest BCUT2D eigenvalue weighted by Crippen LogP contribution is 2.19. The van der Waals surface area contributed by atoms with Crippen molar-refractivity contribution in [2.45, 2.75) is 19.3 Å². The Morgan fingerprint density at radius 1 is 1.26 bits per heavy atom. The molecule has 0 spiro atoms. The van der Waals surface area contributed by atoms with Crippen LogP contribution in [0.4, 0.5) is 10.5 Å². The summed E-state index contributed by atoms with van der Waals surface area (Å²) in [7, 11) is 1.30. The second-order valence-electron chi connectivity index (χ2n) is 4.50. The molecule has 1 aliphatic rings. The highest BCUT2D eigenvalue weighted by Gasteiger charge is 2.10. The number of hydrazone groups is 1. The van der Waals surface area contributed by atoms with Crippen molar-refractivity contribution in [2.75, 3.05) is 25.1 Å². The lowest BCUT2D eigenvalue weighted by molar-refractivity contribution is 0.171. The third-order valence-corrected chi connectivity index (χ3v) is 3.17. The Hall–Kier alpha value is -2.04. The molecule has 5 heteroatoms. The number of rotatable bonds is 3. The van der Waals surface area contributed by atoms with Crippen LogP contribution in [0.2, 0.25) is 0 Å². The number of nitrogens with one attached hydrogen (secondary N) is 1. The van der Waals surface area contributed by atoms with Crippen molar-refractivity contribution in [2.24, 2.45) is 5.10 Å². The summed E-state index contributed by atoms with van der Waals surface area (Å²) < 4.78 is 4.42. The maximum absolute atomic E-state index is 10.8. The molecule has 0 radical (unpaired) electrons. The van der Waals surface area contributed by atoms with Gasteiger partial charge in [-0.2, -0.15) is 5.10 Å². The summed E-state index contributed by atoms with van der Waals surface area (Å²) in [5.41, 5.74) is 4.45. The third kappa shape index (κ3) is 3.98. The minimum Gasteiger partial charge on any atom is -0.452 e. The fraction of sp³-hybridized carbons (Fsp3) is 0.429. The molecule has 2 rings (SSSR count). The van der Waals surface area contributed by atoms with Crippen molar-refractivity contribution in [1.82, 2.24) is 5.43 Å². The Morgan fingerprint density at radius 2 is 1.95 bits per heavy atom. The van der Waals surface area contributed by atoms with Gasteiger partial charge < -0.3 is 9.64 Å². The first-order chi connectivity index (χ1) is 9.29. The van der Waals surface area contributed by atoms with E-state index in [9.17, 15) is 4.79 Å². The average Bonchev–Trinajstić information content (AvgIpc) is 2.48. The molecule has 102 valence electrons. The SMILES string of the molecule is COC(=O)NN=Cc1ccc(N2CCCCC2)cc1. The van der Waals surface area contributed by atoms with Crippen LogP contribution in [0.15, 0.2) is 29.4 Å². The van der Waals surface area contributed by atoms with Crippen LogP contribution in [0, 0.1) is 0 Å². The van der Waals surface area contributed by atoms with Gasteiger partial charge in [0.2, 0.25) is 0 Å². The summed E-state index contributed by atoms with van der Waals surface area (Å²) in [6.07, 6.45) is 4.90. The lowest BCUT2D eigenvalue weighted by atomic mass is 10.1. The minimum atomic E-state index is -0.568. The predicted octanol–water partition coefficient (Wildman–Crippen LogP) is 2.37. The molecule has 1 aromatic carbocycles. The molecule has 1 aromatic rings. The number of hydrogen-bond acceptors (Lipinski definition) is 4. The highest BCUT2D eigenvalue weighted by molar-refractivity contribution is 5.81.